The van der Waals surface area contributed by atoms with Gasteiger partial charge in [-0.1, -0.05) is 24.3 Å². The molecule has 2 aromatic carbocycles. The van der Waals surface area contributed by atoms with Crippen molar-refractivity contribution in [1.29, 1.82) is 0 Å². The highest BCUT2D eigenvalue weighted by molar-refractivity contribution is 7.22. The second-order valence-corrected chi connectivity index (χ2v) is 10.7. The summed E-state index contributed by atoms with van der Waals surface area (Å²) in [5.41, 5.74) is 3.70. The van der Waals surface area contributed by atoms with E-state index in [9.17, 15) is 9.90 Å². The van der Waals surface area contributed by atoms with Crippen LogP contribution in [0.3, 0.4) is 0 Å². The predicted molar refractivity (Wildman–Crippen MR) is 135 cm³/mol. The van der Waals surface area contributed by atoms with Gasteiger partial charge in [-0.05, 0) is 80.2 Å². The Hall–Kier alpha value is -2.96. The molecule has 4 heterocycles. The standard InChI is InChI=1S/C28H27NO4S/c1-15-7-10-23(32-14-17-11-18-8-9-19(12-17)33-18)25-21(28(30)31)13-22(29-26(15)25)27-16(2)20-5-3-4-6-24(20)34-27/h3-7,10,13,17-19H,8-9,11-12,14H2,1-2H3,(H,30,31)/t17-,18-,19+. The fraction of sp³-hybridized carbons (Fsp3) is 0.357. The monoisotopic (exact) mass is 473 g/mol. The molecule has 2 aromatic heterocycles. The Labute approximate surface area is 202 Å². The predicted octanol–water partition coefficient (Wildman–Crippen LogP) is 6.77. The van der Waals surface area contributed by atoms with Gasteiger partial charge in [0.25, 0.3) is 0 Å². The first-order valence-electron chi connectivity index (χ1n) is 11.9. The number of carboxylic acids is 1. The van der Waals surface area contributed by atoms with Crippen LogP contribution in [0.5, 0.6) is 5.75 Å². The maximum Gasteiger partial charge on any atom is 0.336 e. The number of aryl methyl sites for hydroxylation is 2. The van der Waals surface area contributed by atoms with Gasteiger partial charge in [0.15, 0.2) is 0 Å². The zero-order valence-electron chi connectivity index (χ0n) is 19.3. The number of benzene rings is 2. The van der Waals surface area contributed by atoms with Gasteiger partial charge >= 0.3 is 5.97 Å². The van der Waals surface area contributed by atoms with Gasteiger partial charge < -0.3 is 14.6 Å². The molecule has 0 aliphatic carbocycles. The highest BCUT2D eigenvalue weighted by Crippen LogP contribution is 2.41. The average Bonchev–Trinajstić information content (AvgIpc) is 3.36. The number of aromatic carboxylic acids is 1. The van der Waals surface area contributed by atoms with E-state index in [1.54, 1.807) is 17.4 Å². The number of carbonyl (C=O) groups is 1. The van der Waals surface area contributed by atoms with Gasteiger partial charge in [0.1, 0.15) is 5.75 Å². The first kappa shape index (κ1) is 21.6. The summed E-state index contributed by atoms with van der Waals surface area (Å²) in [6.07, 6.45) is 5.01. The van der Waals surface area contributed by atoms with Gasteiger partial charge in [0.05, 0.1) is 45.9 Å². The summed E-state index contributed by atoms with van der Waals surface area (Å²) in [4.78, 5) is 18.4. The van der Waals surface area contributed by atoms with E-state index in [2.05, 4.69) is 19.1 Å². The fourth-order valence-electron chi connectivity index (χ4n) is 5.58. The number of hydrogen-bond acceptors (Lipinski definition) is 5. The lowest BCUT2D eigenvalue weighted by Gasteiger charge is -2.28. The molecule has 0 radical (unpaired) electrons. The summed E-state index contributed by atoms with van der Waals surface area (Å²) in [5, 5.41) is 11.9. The number of nitrogens with zero attached hydrogens (tertiary/aromatic N) is 1. The first-order chi connectivity index (χ1) is 16.5. The third kappa shape index (κ3) is 3.65. The highest BCUT2D eigenvalue weighted by atomic mass is 32.1. The van der Waals surface area contributed by atoms with Crippen molar-refractivity contribution in [2.75, 3.05) is 6.61 Å². The summed E-state index contributed by atoms with van der Waals surface area (Å²) < 4.78 is 13.4. The zero-order chi connectivity index (χ0) is 23.4. The van der Waals surface area contributed by atoms with Crippen molar-refractivity contribution in [3.63, 3.8) is 0 Å². The summed E-state index contributed by atoms with van der Waals surface area (Å²) >= 11 is 1.65. The van der Waals surface area contributed by atoms with E-state index in [1.807, 2.05) is 31.2 Å². The van der Waals surface area contributed by atoms with E-state index in [4.69, 9.17) is 14.5 Å². The molecule has 34 heavy (non-hydrogen) atoms. The molecule has 174 valence electrons. The molecule has 2 aliphatic rings. The first-order valence-corrected chi connectivity index (χ1v) is 12.7. The Balaban J connectivity index is 1.42. The number of thiophene rings is 1. The lowest BCUT2D eigenvalue weighted by Crippen LogP contribution is -2.28. The van der Waals surface area contributed by atoms with Gasteiger partial charge in [-0.25, -0.2) is 9.78 Å². The molecular formula is C28H27NO4S. The van der Waals surface area contributed by atoms with Crippen LogP contribution in [0.2, 0.25) is 0 Å². The Kier molecular flexibility index (Phi) is 5.30. The lowest BCUT2D eigenvalue weighted by atomic mass is 9.96. The van der Waals surface area contributed by atoms with Gasteiger partial charge in [0, 0.05) is 4.70 Å². The van der Waals surface area contributed by atoms with Crippen LogP contribution in [0.15, 0.2) is 42.5 Å². The molecule has 1 N–H and O–H groups in total. The molecule has 6 rings (SSSR count). The molecule has 2 fully saturated rings. The molecule has 0 amide bonds. The van der Waals surface area contributed by atoms with Crippen molar-refractivity contribution in [2.45, 2.75) is 51.7 Å². The van der Waals surface area contributed by atoms with E-state index in [1.165, 1.54) is 10.1 Å². The molecule has 6 heteroatoms. The number of hydrogen-bond donors (Lipinski definition) is 1. The molecular weight excluding hydrogens is 446 g/mol. The lowest BCUT2D eigenvalue weighted by molar-refractivity contribution is -0.0282. The quantitative estimate of drug-likeness (QED) is 0.346. The van der Waals surface area contributed by atoms with Crippen LogP contribution in [0, 0.1) is 19.8 Å². The number of pyridine rings is 1. The van der Waals surface area contributed by atoms with Crippen LogP contribution >= 0.6 is 11.3 Å². The largest absolute Gasteiger partial charge is 0.493 e. The smallest absolute Gasteiger partial charge is 0.336 e. The maximum absolute atomic E-state index is 12.4. The Morgan fingerprint density at radius 3 is 2.65 bits per heavy atom. The molecule has 4 aromatic rings. The Morgan fingerprint density at radius 1 is 1.15 bits per heavy atom. The van der Waals surface area contributed by atoms with Crippen molar-refractivity contribution < 1.29 is 19.4 Å². The maximum atomic E-state index is 12.4. The SMILES string of the molecule is Cc1c(-c2cc(C(=O)O)c3c(OC[C@@H]4C[C@H]5CC[C@@H](C4)O5)ccc(C)c3n2)sc2ccccc12. The second kappa shape index (κ2) is 8.36. The van der Waals surface area contributed by atoms with Gasteiger partial charge in [-0.15, -0.1) is 11.3 Å². The second-order valence-electron chi connectivity index (χ2n) is 9.62. The zero-order valence-corrected chi connectivity index (χ0v) is 20.2. The minimum absolute atomic E-state index is 0.239. The van der Waals surface area contributed by atoms with E-state index in [0.717, 1.165) is 41.7 Å². The highest BCUT2D eigenvalue weighted by Gasteiger charge is 2.35. The molecule has 0 spiro atoms. The fourth-order valence-corrected chi connectivity index (χ4v) is 6.75. The van der Waals surface area contributed by atoms with Crippen LogP contribution in [0.1, 0.15) is 47.2 Å². The Bertz CT molecular complexity index is 1410. The van der Waals surface area contributed by atoms with Crippen molar-refractivity contribution >= 4 is 38.3 Å². The summed E-state index contributed by atoms with van der Waals surface area (Å²) in [5.74, 6) is 0.0697. The van der Waals surface area contributed by atoms with Crippen molar-refractivity contribution in [2.24, 2.45) is 5.92 Å². The number of rotatable bonds is 5. The van der Waals surface area contributed by atoms with Crippen LogP contribution in [0.4, 0.5) is 0 Å². The molecule has 2 saturated heterocycles. The Morgan fingerprint density at radius 2 is 1.91 bits per heavy atom. The summed E-state index contributed by atoms with van der Waals surface area (Å²) in [6, 6.07) is 13.8. The molecule has 0 saturated carbocycles. The average molecular weight is 474 g/mol. The van der Waals surface area contributed by atoms with Crippen molar-refractivity contribution in [1.82, 2.24) is 4.98 Å². The van der Waals surface area contributed by atoms with E-state index in [0.29, 0.717) is 47.1 Å². The summed E-state index contributed by atoms with van der Waals surface area (Å²) in [7, 11) is 0. The number of fused-ring (bicyclic) bond motifs is 4. The van der Waals surface area contributed by atoms with Gasteiger partial charge in [0.2, 0.25) is 0 Å². The van der Waals surface area contributed by atoms with E-state index < -0.39 is 5.97 Å². The van der Waals surface area contributed by atoms with E-state index in [-0.39, 0.29) is 5.56 Å². The molecule has 0 unspecified atom stereocenters. The number of carboxylic acid groups (broad SMARTS) is 1. The minimum Gasteiger partial charge on any atom is -0.493 e. The van der Waals surface area contributed by atoms with Gasteiger partial charge in [-0.2, -0.15) is 0 Å². The van der Waals surface area contributed by atoms with Crippen LogP contribution in [-0.2, 0) is 4.74 Å². The molecule has 2 aliphatic heterocycles. The third-order valence-corrected chi connectivity index (χ3v) is 8.59. The van der Waals surface area contributed by atoms with Gasteiger partial charge in [-0.3, -0.25) is 0 Å². The molecule has 3 atom stereocenters. The van der Waals surface area contributed by atoms with Crippen molar-refractivity contribution in [3.8, 4) is 16.3 Å². The normalized spacial score (nSPS) is 21.9. The summed E-state index contributed by atoms with van der Waals surface area (Å²) in [6.45, 7) is 4.63. The van der Waals surface area contributed by atoms with Crippen LogP contribution in [0.25, 0.3) is 31.6 Å². The third-order valence-electron chi connectivity index (χ3n) is 7.29. The number of aromatic nitrogens is 1. The minimum atomic E-state index is -0.966. The molecule has 5 nitrogen and oxygen atoms in total. The number of ether oxygens (including phenoxy) is 2. The molecule has 2 bridgehead atoms. The van der Waals surface area contributed by atoms with Crippen LogP contribution in [-0.4, -0.2) is 34.9 Å². The topological polar surface area (TPSA) is 68.7 Å². The van der Waals surface area contributed by atoms with Crippen LogP contribution < -0.4 is 4.74 Å². The van der Waals surface area contributed by atoms with Crippen molar-refractivity contribution in [3.05, 3.63) is 59.2 Å². The van der Waals surface area contributed by atoms with E-state index >= 15 is 0 Å².